The number of benzene rings is 3. The summed E-state index contributed by atoms with van der Waals surface area (Å²) in [5, 5.41) is 7.02. The van der Waals surface area contributed by atoms with Crippen molar-refractivity contribution >= 4 is 63.2 Å². The summed E-state index contributed by atoms with van der Waals surface area (Å²) in [5.74, 6) is 0.375. The first-order valence-corrected chi connectivity index (χ1v) is 10.2. The number of hydrogen-bond donors (Lipinski definition) is 3. The second-order valence-electron chi connectivity index (χ2n) is 6.70. The average Bonchev–Trinajstić information content (AvgIpc) is 3.11. The minimum absolute atomic E-state index is 0.184. The van der Waals surface area contributed by atoms with Gasteiger partial charge >= 0.3 is 0 Å². The standard InChI is InChI=1S/C22H16Cl2N4OS/c1-12-8-18-19(11-17(12)24)27-20(26-18)13-4-3-7-16(10-13)25-22(30)28-21(29)14-5-2-6-15(23)9-14/h2-11H,1H3,(H,26,27)(H2,25,28,29,30). The van der Waals surface area contributed by atoms with Crippen LogP contribution in [-0.2, 0) is 0 Å². The van der Waals surface area contributed by atoms with E-state index in [9.17, 15) is 4.79 Å². The Hall–Kier alpha value is -2.93. The first kappa shape index (κ1) is 20.3. The van der Waals surface area contributed by atoms with Crippen LogP contribution in [0.3, 0.4) is 0 Å². The molecule has 1 amide bonds. The summed E-state index contributed by atoms with van der Waals surface area (Å²) >= 11 is 17.4. The van der Waals surface area contributed by atoms with Gasteiger partial charge in [-0.15, -0.1) is 0 Å². The number of thiocarbonyl (C=S) groups is 1. The van der Waals surface area contributed by atoms with Crippen LogP contribution in [0.1, 0.15) is 15.9 Å². The predicted molar refractivity (Wildman–Crippen MR) is 126 cm³/mol. The SMILES string of the molecule is Cc1cc2[nH]c(-c3cccc(NC(=S)NC(=O)c4cccc(Cl)c4)c3)nc2cc1Cl. The monoisotopic (exact) mass is 454 g/mol. The van der Waals surface area contributed by atoms with Crippen molar-refractivity contribution in [3.63, 3.8) is 0 Å². The van der Waals surface area contributed by atoms with Gasteiger partial charge in [-0.05, 0) is 67.2 Å². The smallest absolute Gasteiger partial charge is 0.257 e. The van der Waals surface area contributed by atoms with Crippen molar-refractivity contribution in [1.82, 2.24) is 15.3 Å². The molecule has 3 aromatic carbocycles. The Bertz CT molecular complexity index is 1250. The lowest BCUT2D eigenvalue weighted by Crippen LogP contribution is -2.34. The normalized spacial score (nSPS) is 10.8. The Balaban J connectivity index is 1.51. The number of anilines is 1. The number of imidazole rings is 1. The number of H-pyrrole nitrogens is 1. The maximum atomic E-state index is 12.3. The van der Waals surface area contributed by atoms with Crippen molar-refractivity contribution in [1.29, 1.82) is 0 Å². The van der Waals surface area contributed by atoms with Gasteiger partial charge in [0.2, 0.25) is 0 Å². The first-order chi connectivity index (χ1) is 14.4. The van der Waals surface area contributed by atoms with Gasteiger partial charge in [-0.2, -0.15) is 0 Å². The molecule has 4 rings (SSSR count). The van der Waals surface area contributed by atoms with Crippen LogP contribution in [0.2, 0.25) is 10.0 Å². The van der Waals surface area contributed by atoms with Crippen LogP contribution in [0, 0.1) is 6.92 Å². The topological polar surface area (TPSA) is 69.8 Å². The van der Waals surface area contributed by atoms with Gasteiger partial charge in [0.25, 0.3) is 5.91 Å². The van der Waals surface area contributed by atoms with Gasteiger partial charge in [0.15, 0.2) is 5.11 Å². The molecular weight excluding hydrogens is 439 g/mol. The molecule has 0 unspecified atom stereocenters. The number of aromatic nitrogens is 2. The van der Waals surface area contributed by atoms with E-state index in [-0.39, 0.29) is 11.0 Å². The van der Waals surface area contributed by atoms with Gasteiger partial charge in [-0.1, -0.05) is 41.4 Å². The van der Waals surface area contributed by atoms with Gasteiger partial charge in [0.1, 0.15) is 5.82 Å². The van der Waals surface area contributed by atoms with E-state index in [2.05, 4.69) is 20.6 Å². The zero-order valence-electron chi connectivity index (χ0n) is 15.8. The van der Waals surface area contributed by atoms with Gasteiger partial charge in [0.05, 0.1) is 11.0 Å². The number of hydrogen-bond acceptors (Lipinski definition) is 3. The van der Waals surface area contributed by atoms with Crippen molar-refractivity contribution in [2.45, 2.75) is 6.92 Å². The highest BCUT2D eigenvalue weighted by Gasteiger charge is 2.11. The number of fused-ring (bicyclic) bond motifs is 1. The zero-order valence-corrected chi connectivity index (χ0v) is 18.1. The molecule has 0 spiro atoms. The molecule has 1 heterocycles. The third-order valence-electron chi connectivity index (χ3n) is 4.47. The number of carbonyl (C=O) groups excluding carboxylic acids is 1. The molecule has 0 saturated heterocycles. The number of nitrogens with zero attached hydrogens (tertiary/aromatic N) is 1. The Morgan fingerprint density at radius 2 is 1.87 bits per heavy atom. The van der Waals surface area contributed by atoms with E-state index >= 15 is 0 Å². The summed E-state index contributed by atoms with van der Waals surface area (Å²) in [7, 11) is 0. The Kier molecular flexibility index (Phi) is 5.72. The van der Waals surface area contributed by atoms with Crippen molar-refractivity contribution in [2.24, 2.45) is 0 Å². The van der Waals surface area contributed by atoms with E-state index in [1.165, 1.54) is 0 Å². The van der Waals surface area contributed by atoms with E-state index in [0.717, 1.165) is 27.8 Å². The molecule has 0 aliphatic carbocycles. The van der Waals surface area contributed by atoms with E-state index < -0.39 is 0 Å². The van der Waals surface area contributed by atoms with Crippen molar-refractivity contribution in [2.75, 3.05) is 5.32 Å². The van der Waals surface area contributed by atoms with Gasteiger partial charge in [0, 0.05) is 26.9 Å². The molecule has 0 aliphatic rings. The van der Waals surface area contributed by atoms with Crippen molar-refractivity contribution in [3.05, 3.63) is 81.8 Å². The summed E-state index contributed by atoms with van der Waals surface area (Å²) in [6.07, 6.45) is 0. The largest absolute Gasteiger partial charge is 0.338 e. The lowest BCUT2D eigenvalue weighted by Gasteiger charge is -2.10. The number of nitrogens with one attached hydrogen (secondary N) is 3. The van der Waals surface area contributed by atoms with Crippen LogP contribution in [-0.4, -0.2) is 21.0 Å². The fourth-order valence-corrected chi connectivity index (χ4v) is 3.55. The fraction of sp³-hybridized carbons (Fsp3) is 0.0455. The number of rotatable bonds is 3. The zero-order chi connectivity index (χ0) is 21.3. The Morgan fingerprint density at radius 1 is 1.07 bits per heavy atom. The summed E-state index contributed by atoms with van der Waals surface area (Å²) < 4.78 is 0. The van der Waals surface area contributed by atoms with Crippen molar-refractivity contribution < 1.29 is 4.79 Å². The number of aryl methyl sites for hydroxylation is 1. The summed E-state index contributed by atoms with van der Waals surface area (Å²) in [4.78, 5) is 20.2. The highest BCUT2D eigenvalue weighted by molar-refractivity contribution is 7.80. The molecule has 0 saturated carbocycles. The molecule has 150 valence electrons. The Labute approximate surface area is 188 Å². The summed E-state index contributed by atoms with van der Waals surface area (Å²) in [6.45, 7) is 1.95. The van der Waals surface area contributed by atoms with Crippen LogP contribution in [0.25, 0.3) is 22.4 Å². The highest BCUT2D eigenvalue weighted by Crippen LogP contribution is 2.26. The van der Waals surface area contributed by atoms with Crippen LogP contribution in [0.15, 0.2) is 60.7 Å². The lowest BCUT2D eigenvalue weighted by molar-refractivity contribution is 0.0977. The molecule has 0 fully saturated rings. The molecule has 5 nitrogen and oxygen atoms in total. The highest BCUT2D eigenvalue weighted by atomic mass is 35.5. The molecule has 3 N–H and O–H groups in total. The van der Waals surface area contributed by atoms with Crippen molar-refractivity contribution in [3.8, 4) is 11.4 Å². The van der Waals surface area contributed by atoms with E-state index in [4.69, 9.17) is 35.4 Å². The number of carbonyl (C=O) groups is 1. The predicted octanol–water partition coefficient (Wildman–Crippen LogP) is 5.97. The van der Waals surface area contributed by atoms with Gasteiger partial charge in [-0.25, -0.2) is 4.98 Å². The molecule has 0 bridgehead atoms. The van der Waals surface area contributed by atoms with E-state index in [0.29, 0.717) is 21.4 Å². The minimum Gasteiger partial charge on any atom is -0.338 e. The van der Waals surface area contributed by atoms with E-state index in [1.807, 2.05) is 43.3 Å². The second-order valence-corrected chi connectivity index (χ2v) is 7.96. The molecule has 8 heteroatoms. The molecule has 0 atom stereocenters. The number of halogens is 2. The maximum absolute atomic E-state index is 12.3. The molecule has 4 aromatic rings. The number of aromatic amines is 1. The fourth-order valence-electron chi connectivity index (χ4n) is 2.99. The van der Waals surface area contributed by atoms with Crippen LogP contribution < -0.4 is 10.6 Å². The third kappa shape index (κ3) is 4.46. The quantitative estimate of drug-likeness (QED) is 0.333. The second kappa shape index (κ2) is 8.44. The molecule has 1 aromatic heterocycles. The van der Waals surface area contributed by atoms with Gasteiger partial charge < -0.3 is 10.3 Å². The maximum Gasteiger partial charge on any atom is 0.257 e. The molecule has 30 heavy (non-hydrogen) atoms. The molecular formula is C22H16Cl2N4OS. The number of amides is 1. The van der Waals surface area contributed by atoms with Crippen LogP contribution >= 0.6 is 35.4 Å². The third-order valence-corrected chi connectivity index (χ3v) is 5.32. The molecule has 0 aliphatic heterocycles. The first-order valence-electron chi connectivity index (χ1n) is 9.03. The van der Waals surface area contributed by atoms with Crippen LogP contribution in [0.4, 0.5) is 5.69 Å². The van der Waals surface area contributed by atoms with E-state index in [1.54, 1.807) is 24.3 Å². The summed E-state index contributed by atoms with van der Waals surface area (Å²) in [5.41, 5.74) is 4.71. The minimum atomic E-state index is -0.337. The van der Waals surface area contributed by atoms with Crippen LogP contribution in [0.5, 0.6) is 0 Å². The molecule has 0 radical (unpaired) electrons. The lowest BCUT2D eigenvalue weighted by atomic mass is 10.2. The average molecular weight is 455 g/mol. The summed E-state index contributed by atoms with van der Waals surface area (Å²) in [6, 6.07) is 18.0. The Morgan fingerprint density at radius 3 is 2.67 bits per heavy atom. The van der Waals surface area contributed by atoms with Gasteiger partial charge in [-0.3, -0.25) is 10.1 Å².